The van der Waals surface area contributed by atoms with E-state index in [1.54, 1.807) is 10.3 Å². The topological polar surface area (TPSA) is 75.7 Å². The summed E-state index contributed by atoms with van der Waals surface area (Å²) in [5, 5.41) is 4.27. The Labute approximate surface area is 162 Å². The van der Waals surface area contributed by atoms with E-state index in [1.165, 1.54) is 24.9 Å². The van der Waals surface area contributed by atoms with Gasteiger partial charge in [-0.05, 0) is 17.4 Å². The van der Waals surface area contributed by atoms with Crippen LogP contribution in [-0.2, 0) is 25.7 Å². The third kappa shape index (κ3) is 4.08. The number of hydrogen-bond acceptors (Lipinski definition) is 5. The largest absolute Gasteiger partial charge is 0.456 e. The minimum Gasteiger partial charge on any atom is -0.456 e. The molecule has 1 fully saturated rings. The Hall–Kier alpha value is -2.54. The first-order valence-corrected chi connectivity index (χ1v) is 9.77. The van der Waals surface area contributed by atoms with Crippen molar-refractivity contribution in [2.75, 3.05) is 0 Å². The van der Waals surface area contributed by atoms with Gasteiger partial charge in [-0.2, -0.15) is 0 Å². The Morgan fingerprint density at radius 3 is 2.74 bits per heavy atom. The van der Waals surface area contributed by atoms with Crippen molar-refractivity contribution < 1.29 is 19.1 Å². The number of ether oxygens (including phenoxy) is 1. The first-order chi connectivity index (χ1) is 13.0. The maximum atomic E-state index is 12.7. The van der Waals surface area contributed by atoms with Crippen LogP contribution >= 0.6 is 11.8 Å². The summed E-state index contributed by atoms with van der Waals surface area (Å²) in [7, 11) is 0. The number of fused-ring (bicyclic) bond motifs is 1. The number of esters is 1. The van der Waals surface area contributed by atoms with E-state index in [9.17, 15) is 14.4 Å². The number of amides is 2. The van der Waals surface area contributed by atoms with Crippen LogP contribution in [0.15, 0.2) is 52.5 Å². The van der Waals surface area contributed by atoms with Gasteiger partial charge in [-0.1, -0.05) is 49.0 Å². The number of thioether (sulfide) groups is 1. The fourth-order valence-corrected chi connectivity index (χ4v) is 4.22. The number of nitrogens with one attached hydrogen (secondary N) is 1. The number of benzene rings is 1. The molecule has 1 N–H and O–H groups in total. The Balaban J connectivity index is 1.74. The highest BCUT2D eigenvalue weighted by Crippen LogP contribution is 2.47. The van der Waals surface area contributed by atoms with Crippen LogP contribution < -0.4 is 5.32 Å². The van der Waals surface area contributed by atoms with Gasteiger partial charge in [-0.3, -0.25) is 9.59 Å². The summed E-state index contributed by atoms with van der Waals surface area (Å²) in [6, 6.07) is 9.45. The van der Waals surface area contributed by atoms with Gasteiger partial charge in [-0.25, -0.2) is 4.79 Å². The number of rotatable bonds is 7. The van der Waals surface area contributed by atoms with Crippen molar-refractivity contribution in [1.82, 2.24) is 10.2 Å². The first-order valence-electron chi connectivity index (χ1n) is 8.89. The predicted molar refractivity (Wildman–Crippen MR) is 103 cm³/mol. The molecule has 2 heterocycles. The average Bonchev–Trinajstić information content (AvgIpc) is 2.99. The Morgan fingerprint density at radius 2 is 2.07 bits per heavy atom. The number of β-lactam (4-membered cyclic amide) rings is 1. The van der Waals surface area contributed by atoms with E-state index in [1.807, 2.05) is 37.3 Å². The zero-order valence-corrected chi connectivity index (χ0v) is 16.1. The zero-order valence-electron chi connectivity index (χ0n) is 15.3. The van der Waals surface area contributed by atoms with Crippen molar-refractivity contribution >= 4 is 29.5 Å². The van der Waals surface area contributed by atoms with E-state index in [0.29, 0.717) is 12.1 Å². The van der Waals surface area contributed by atoms with Crippen LogP contribution in [0.25, 0.3) is 0 Å². The molecule has 0 bridgehead atoms. The first kappa shape index (κ1) is 19.2. The molecule has 1 aromatic carbocycles. The number of hydrogen-bond donors (Lipinski definition) is 1. The minimum absolute atomic E-state index is 0.0180. The van der Waals surface area contributed by atoms with E-state index >= 15 is 0 Å². The molecule has 0 spiro atoms. The van der Waals surface area contributed by atoms with Crippen LogP contribution in [0.5, 0.6) is 0 Å². The van der Waals surface area contributed by atoms with Crippen LogP contribution in [-0.4, -0.2) is 28.7 Å². The second-order valence-electron chi connectivity index (χ2n) is 6.45. The van der Waals surface area contributed by atoms with E-state index in [4.69, 9.17) is 4.74 Å². The molecule has 2 amide bonds. The summed E-state index contributed by atoms with van der Waals surface area (Å²) >= 11 is 1.34. The number of nitrogens with zero attached hydrogens (tertiary/aromatic N) is 1. The Morgan fingerprint density at radius 1 is 1.33 bits per heavy atom. The molecular weight excluding hydrogens is 364 g/mol. The predicted octanol–water partition coefficient (Wildman–Crippen LogP) is 2.92. The molecule has 1 aromatic rings. The molecule has 0 radical (unpaired) electrons. The molecule has 6 nitrogen and oxygen atoms in total. The lowest BCUT2D eigenvalue weighted by Gasteiger charge is -2.43. The Kier molecular flexibility index (Phi) is 6.01. The van der Waals surface area contributed by atoms with Crippen molar-refractivity contribution in [2.45, 2.75) is 39.3 Å². The van der Waals surface area contributed by atoms with E-state index in [-0.39, 0.29) is 30.4 Å². The van der Waals surface area contributed by atoms with Gasteiger partial charge >= 0.3 is 5.97 Å². The quantitative estimate of drug-likeness (QED) is 0.576. The third-order valence-corrected chi connectivity index (χ3v) is 5.58. The molecule has 27 heavy (non-hydrogen) atoms. The van der Waals surface area contributed by atoms with E-state index < -0.39 is 5.97 Å². The lowest BCUT2D eigenvalue weighted by Crippen LogP contribution is -2.58. The lowest BCUT2D eigenvalue weighted by molar-refractivity contribution is -0.157. The van der Waals surface area contributed by atoms with Crippen molar-refractivity contribution in [3.63, 3.8) is 0 Å². The van der Waals surface area contributed by atoms with Gasteiger partial charge in [0, 0.05) is 24.4 Å². The fourth-order valence-electron chi connectivity index (χ4n) is 3.36. The molecule has 142 valence electrons. The van der Waals surface area contributed by atoms with Gasteiger partial charge in [-0.15, -0.1) is 0 Å². The van der Waals surface area contributed by atoms with Gasteiger partial charge < -0.3 is 15.0 Å². The normalized spacial score (nSPS) is 21.3. The summed E-state index contributed by atoms with van der Waals surface area (Å²) in [5.74, 6) is -0.713. The monoisotopic (exact) mass is 386 g/mol. The second-order valence-corrected chi connectivity index (χ2v) is 7.45. The minimum atomic E-state index is -0.486. The lowest BCUT2D eigenvalue weighted by atomic mass is 9.85. The van der Waals surface area contributed by atoms with E-state index in [2.05, 4.69) is 5.32 Å². The summed E-state index contributed by atoms with van der Waals surface area (Å²) < 4.78 is 5.46. The van der Waals surface area contributed by atoms with Gasteiger partial charge in [0.25, 0.3) is 0 Å². The fraction of sp³-hybridized carbons (Fsp3) is 0.350. The molecule has 2 aliphatic rings. The molecular formula is C20H22N2O4S. The summed E-state index contributed by atoms with van der Waals surface area (Å²) in [5.41, 5.74) is 1.23. The smallest absolute Gasteiger partial charge is 0.356 e. The summed E-state index contributed by atoms with van der Waals surface area (Å²) in [6.07, 6.45) is 2.92. The van der Waals surface area contributed by atoms with Crippen molar-refractivity contribution in [1.29, 1.82) is 0 Å². The molecule has 0 saturated carbocycles. The van der Waals surface area contributed by atoms with Gasteiger partial charge in [0.15, 0.2) is 0 Å². The molecule has 2 atom stereocenters. The summed E-state index contributed by atoms with van der Waals surface area (Å²) in [4.78, 5) is 38.5. The standard InChI is InChI=1S/C20H22N2O4S/c1-3-15-16-11-17(27-10-9-21-13(2)23)18(22(16)19(15)24)20(25)26-12-14-7-5-4-6-8-14/h4-10,15-16H,3,11-12H2,1-2H3,(H,21,23)/b10-9+/t15-,16+/m0/s1. The van der Waals surface area contributed by atoms with Crippen molar-refractivity contribution in [3.8, 4) is 0 Å². The van der Waals surface area contributed by atoms with Gasteiger partial charge in [0.05, 0.1) is 12.0 Å². The van der Waals surface area contributed by atoms with Crippen LogP contribution in [0.4, 0.5) is 0 Å². The van der Waals surface area contributed by atoms with Crippen molar-refractivity contribution in [3.05, 3.63) is 58.1 Å². The average molecular weight is 386 g/mol. The molecule has 2 aliphatic heterocycles. The Bertz CT molecular complexity index is 803. The maximum Gasteiger partial charge on any atom is 0.356 e. The second kappa shape index (κ2) is 8.43. The van der Waals surface area contributed by atoms with Gasteiger partial charge in [0.2, 0.25) is 11.8 Å². The third-order valence-electron chi connectivity index (χ3n) is 4.66. The van der Waals surface area contributed by atoms with Crippen LogP contribution in [0.3, 0.4) is 0 Å². The molecule has 0 aromatic heterocycles. The van der Waals surface area contributed by atoms with Crippen LogP contribution in [0.2, 0.25) is 0 Å². The highest BCUT2D eigenvalue weighted by molar-refractivity contribution is 8.05. The summed E-state index contributed by atoms with van der Waals surface area (Å²) in [6.45, 7) is 3.56. The molecule has 0 aliphatic carbocycles. The van der Waals surface area contributed by atoms with Gasteiger partial charge in [0.1, 0.15) is 12.3 Å². The number of carbonyl (C=O) groups is 3. The highest BCUT2D eigenvalue weighted by Gasteiger charge is 2.54. The SMILES string of the molecule is CC[C@@H]1C(=O)N2C(C(=O)OCc3ccccc3)=C(S/C=C/NC(C)=O)C[C@H]12. The maximum absolute atomic E-state index is 12.7. The van der Waals surface area contributed by atoms with Crippen LogP contribution in [0.1, 0.15) is 32.3 Å². The molecule has 1 saturated heterocycles. The zero-order chi connectivity index (χ0) is 19.4. The molecule has 3 rings (SSSR count). The van der Waals surface area contributed by atoms with E-state index in [0.717, 1.165) is 16.9 Å². The number of carbonyl (C=O) groups excluding carboxylic acids is 3. The molecule has 0 unspecified atom stereocenters. The highest BCUT2D eigenvalue weighted by atomic mass is 32.2. The van der Waals surface area contributed by atoms with Crippen LogP contribution in [0, 0.1) is 5.92 Å². The van der Waals surface area contributed by atoms with Crippen molar-refractivity contribution in [2.24, 2.45) is 5.92 Å². The molecule has 7 heteroatoms.